The molecule has 1 aliphatic heterocycles. The van der Waals surface area contributed by atoms with Crippen molar-refractivity contribution in [2.45, 2.75) is 30.6 Å². The molecule has 1 heterocycles. The summed E-state index contributed by atoms with van der Waals surface area (Å²) < 4.78 is 0. The molecule has 112 valence electrons. The van der Waals surface area contributed by atoms with E-state index >= 15 is 0 Å². The van der Waals surface area contributed by atoms with E-state index in [1.54, 1.807) is 25.6 Å². The molecule has 22 heavy (non-hydrogen) atoms. The van der Waals surface area contributed by atoms with Gasteiger partial charge in [-0.3, -0.25) is 9.59 Å². The van der Waals surface area contributed by atoms with Crippen molar-refractivity contribution in [3.63, 3.8) is 0 Å². The average molecular weight is 311 g/mol. The van der Waals surface area contributed by atoms with E-state index < -0.39 is 0 Å². The summed E-state index contributed by atoms with van der Waals surface area (Å²) >= 11 is 1.62. The number of fused-ring (bicyclic) bond motifs is 2. The Bertz CT molecular complexity index is 719. The quantitative estimate of drug-likeness (QED) is 0.769. The first-order valence-corrected chi connectivity index (χ1v) is 8.08. The van der Waals surface area contributed by atoms with Crippen LogP contribution in [0.5, 0.6) is 0 Å². The molecule has 1 aliphatic rings. The second-order valence-electron chi connectivity index (χ2n) is 5.32. The number of anilines is 2. The first-order chi connectivity index (χ1) is 10.5. The molecule has 0 radical (unpaired) electrons. The fourth-order valence-corrected chi connectivity index (χ4v) is 3.84. The topological polar surface area (TPSA) is 37.4 Å². The molecule has 0 saturated heterocycles. The highest BCUT2D eigenvalue weighted by Crippen LogP contribution is 2.48. The van der Waals surface area contributed by atoms with Crippen molar-refractivity contribution in [2.24, 2.45) is 0 Å². The SMILES string of the molecule is CCN1c2ccc(C(C)=O)cc2Sc2cc(C(C)=O)ccc21. The highest BCUT2D eigenvalue weighted by Gasteiger charge is 2.23. The largest absolute Gasteiger partial charge is 0.340 e. The summed E-state index contributed by atoms with van der Waals surface area (Å²) in [6.07, 6.45) is 0. The number of ketones is 2. The third kappa shape index (κ3) is 2.44. The molecular formula is C18H17NO2S. The zero-order valence-electron chi connectivity index (χ0n) is 12.8. The number of Topliss-reactive ketones (excluding diaryl/α,β-unsaturated/α-hetero) is 2. The lowest BCUT2D eigenvalue weighted by Crippen LogP contribution is -2.20. The van der Waals surface area contributed by atoms with Crippen LogP contribution in [0.25, 0.3) is 0 Å². The highest BCUT2D eigenvalue weighted by atomic mass is 32.2. The fourth-order valence-electron chi connectivity index (χ4n) is 2.66. The number of hydrogen-bond acceptors (Lipinski definition) is 4. The van der Waals surface area contributed by atoms with E-state index in [0.717, 1.165) is 27.7 Å². The van der Waals surface area contributed by atoms with E-state index in [2.05, 4.69) is 11.8 Å². The third-order valence-corrected chi connectivity index (χ3v) is 4.94. The molecule has 3 rings (SSSR count). The summed E-state index contributed by atoms with van der Waals surface area (Å²) in [6, 6.07) is 11.6. The van der Waals surface area contributed by atoms with Gasteiger partial charge >= 0.3 is 0 Å². The maximum Gasteiger partial charge on any atom is 0.159 e. The third-order valence-electron chi connectivity index (χ3n) is 3.85. The van der Waals surface area contributed by atoms with Crippen molar-refractivity contribution in [3.05, 3.63) is 47.5 Å². The van der Waals surface area contributed by atoms with Crippen LogP contribution in [0.2, 0.25) is 0 Å². The predicted octanol–water partition coefficient (Wildman–Crippen LogP) is 4.71. The first kappa shape index (κ1) is 14.9. The smallest absolute Gasteiger partial charge is 0.159 e. The molecule has 0 bridgehead atoms. The fraction of sp³-hybridized carbons (Fsp3) is 0.222. The van der Waals surface area contributed by atoms with Gasteiger partial charge < -0.3 is 4.90 Å². The maximum atomic E-state index is 11.6. The number of nitrogens with zero attached hydrogens (tertiary/aromatic N) is 1. The Labute approximate surface area is 134 Å². The van der Waals surface area contributed by atoms with Crippen LogP contribution in [0.1, 0.15) is 41.5 Å². The Hall–Kier alpha value is -2.07. The van der Waals surface area contributed by atoms with Gasteiger partial charge in [0.25, 0.3) is 0 Å². The van der Waals surface area contributed by atoms with Crippen molar-refractivity contribution in [1.82, 2.24) is 0 Å². The lowest BCUT2D eigenvalue weighted by atomic mass is 10.1. The van der Waals surface area contributed by atoms with E-state index in [9.17, 15) is 9.59 Å². The van der Waals surface area contributed by atoms with Crippen LogP contribution < -0.4 is 4.90 Å². The number of hydrogen-bond donors (Lipinski definition) is 0. The Morgan fingerprint density at radius 3 is 1.73 bits per heavy atom. The molecule has 0 unspecified atom stereocenters. The minimum atomic E-state index is 0.0646. The van der Waals surface area contributed by atoms with Crippen molar-refractivity contribution >= 4 is 34.7 Å². The molecule has 0 amide bonds. The van der Waals surface area contributed by atoms with E-state index in [1.807, 2.05) is 36.4 Å². The van der Waals surface area contributed by atoms with Crippen LogP contribution in [0.4, 0.5) is 11.4 Å². The molecule has 3 nitrogen and oxygen atoms in total. The van der Waals surface area contributed by atoms with Crippen molar-refractivity contribution in [2.75, 3.05) is 11.4 Å². The van der Waals surface area contributed by atoms with Crippen LogP contribution in [0.3, 0.4) is 0 Å². The predicted molar refractivity (Wildman–Crippen MR) is 89.7 cm³/mol. The van der Waals surface area contributed by atoms with E-state index in [0.29, 0.717) is 11.1 Å². The van der Waals surface area contributed by atoms with Gasteiger partial charge in [0.05, 0.1) is 11.4 Å². The number of carbonyl (C=O) groups excluding carboxylic acids is 2. The van der Waals surface area contributed by atoms with Gasteiger partial charge in [0, 0.05) is 27.5 Å². The van der Waals surface area contributed by atoms with Gasteiger partial charge in [-0.2, -0.15) is 0 Å². The lowest BCUT2D eigenvalue weighted by molar-refractivity contribution is 0.100. The maximum absolute atomic E-state index is 11.6. The molecule has 0 aromatic heterocycles. The van der Waals surface area contributed by atoms with Crippen molar-refractivity contribution in [1.29, 1.82) is 0 Å². The first-order valence-electron chi connectivity index (χ1n) is 7.26. The zero-order valence-corrected chi connectivity index (χ0v) is 13.7. The average Bonchev–Trinajstić information content (AvgIpc) is 2.51. The van der Waals surface area contributed by atoms with Crippen molar-refractivity contribution < 1.29 is 9.59 Å². The molecule has 0 N–H and O–H groups in total. The van der Waals surface area contributed by atoms with Crippen molar-refractivity contribution in [3.8, 4) is 0 Å². The Balaban J connectivity index is 2.13. The summed E-state index contributed by atoms with van der Waals surface area (Å²) in [4.78, 5) is 27.5. The number of benzene rings is 2. The Morgan fingerprint density at radius 2 is 1.36 bits per heavy atom. The van der Waals surface area contributed by atoms with Gasteiger partial charge in [0.2, 0.25) is 0 Å². The molecule has 0 saturated carbocycles. The molecule has 4 heteroatoms. The van der Waals surface area contributed by atoms with Crippen LogP contribution in [0, 0.1) is 0 Å². The van der Waals surface area contributed by atoms with Gasteiger partial charge in [-0.25, -0.2) is 0 Å². The van der Waals surface area contributed by atoms with Crippen LogP contribution in [0.15, 0.2) is 46.2 Å². The van der Waals surface area contributed by atoms with Gasteiger partial charge in [-0.15, -0.1) is 0 Å². The second-order valence-corrected chi connectivity index (χ2v) is 6.41. The number of rotatable bonds is 3. The summed E-state index contributed by atoms with van der Waals surface area (Å²) in [7, 11) is 0. The van der Waals surface area contributed by atoms with Crippen LogP contribution in [-0.4, -0.2) is 18.1 Å². The molecule has 0 aliphatic carbocycles. The molecule has 0 atom stereocenters. The summed E-state index contributed by atoms with van der Waals surface area (Å²) in [6.45, 7) is 6.09. The summed E-state index contributed by atoms with van der Waals surface area (Å²) in [5.74, 6) is 0.129. The number of carbonyl (C=O) groups is 2. The lowest BCUT2D eigenvalue weighted by Gasteiger charge is -2.32. The standard InChI is InChI=1S/C18H17NO2S/c1-4-19-15-7-5-13(11(2)20)9-17(15)22-18-10-14(12(3)21)6-8-16(18)19/h5-10H,4H2,1-3H3. The van der Waals surface area contributed by atoms with E-state index in [4.69, 9.17) is 0 Å². The van der Waals surface area contributed by atoms with Crippen LogP contribution >= 0.6 is 11.8 Å². The van der Waals surface area contributed by atoms with Gasteiger partial charge in [0.1, 0.15) is 0 Å². The van der Waals surface area contributed by atoms with Crippen LogP contribution in [-0.2, 0) is 0 Å². The van der Waals surface area contributed by atoms with E-state index in [-0.39, 0.29) is 11.6 Å². The molecule has 0 spiro atoms. The minimum absolute atomic E-state index is 0.0646. The molecule has 2 aromatic carbocycles. The van der Waals surface area contributed by atoms with E-state index in [1.165, 1.54) is 0 Å². The molecular weight excluding hydrogens is 294 g/mol. The van der Waals surface area contributed by atoms with Gasteiger partial charge in [-0.05, 0) is 57.2 Å². The summed E-state index contributed by atoms with van der Waals surface area (Å²) in [5.41, 5.74) is 3.66. The Kier molecular flexibility index (Phi) is 3.79. The van der Waals surface area contributed by atoms with Gasteiger partial charge in [0.15, 0.2) is 11.6 Å². The normalized spacial score (nSPS) is 12.6. The minimum Gasteiger partial charge on any atom is -0.340 e. The second kappa shape index (κ2) is 5.61. The highest BCUT2D eigenvalue weighted by molar-refractivity contribution is 7.99. The summed E-state index contributed by atoms with van der Waals surface area (Å²) in [5, 5.41) is 0. The Morgan fingerprint density at radius 1 is 0.909 bits per heavy atom. The monoisotopic (exact) mass is 311 g/mol. The van der Waals surface area contributed by atoms with Gasteiger partial charge in [-0.1, -0.05) is 11.8 Å². The zero-order chi connectivity index (χ0) is 15.9. The molecule has 2 aromatic rings. The molecule has 0 fully saturated rings.